The molecule has 1 atom stereocenters. The maximum Gasteiger partial charge on any atom is 0.417 e. The molecule has 4 rings (SSSR count). The number of rotatable bonds is 6. The molecule has 1 aliphatic heterocycles. The summed E-state index contributed by atoms with van der Waals surface area (Å²) in [6.45, 7) is 0.989. The molecule has 1 N–H and O–H groups in total. The summed E-state index contributed by atoms with van der Waals surface area (Å²) in [5.74, 6) is 1.23. The van der Waals surface area contributed by atoms with Crippen molar-refractivity contribution in [1.82, 2.24) is 4.98 Å². The number of alkyl halides is 3. The maximum absolute atomic E-state index is 12.7. The number of pyridine rings is 1. The van der Waals surface area contributed by atoms with E-state index in [1.807, 2.05) is 23.1 Å². The lowest BCUT2D eigenvalue weighted by Gasteiger charge is -2.22. The van der Waals surface area contributed by atoms with E-state index in [2.05, 4.69) is 4.98 Å². The predicted molar refractivity (Wildman–Crippen MR) is 114 cm³/mol. The van der Waals surface area contributed by atoms with E-state index in [9.17, 15) is 18.3 Å². The van der Waals surface area contributed by atoms with Crippen molar-refractivity contribution >= 4 is 17.3 Å². The van der Waals surface area contributed by atoms with E-state index in [0.717, 1.165) is 23.5 Å². The molecule has 0 amide bonds. The van der Waals surface area contributed by atoms with Gasteiger partial charge in [-0.15, -0.1) is 0 Å². The average Bonchev–Trinajstić information content (AvgIpc) is 3.23. The summed E-state index contributed by atoms with van der Waals surface area (Å²) in [6.07, 6.45) is -3.27. The summed E-state index contributed by atoms with van der Waals surface area (Å²) >= 11 is 6.17. The van der Waals surface area contributed by atoms with Crippen LogP contribution in [-0.2, 0) is 12.8 Å². The zero-order valence-electron chi connectivity index (χ0n) is 16.8. The van der Waals surface area contributed by atoms with Gasteiger partial charge in [-0.1, -0.05) is 29.8 Å². The fourth-order valence-electron chi connectivity index (χ4n) is 3.52. The van der Waals surface area contributed by atoms with Crippen molar-refractivity contribution in [2.75, 3.05) is 18.0 Å². The van der Waals surface area contributed by atoms with E-state index in [0.29, 0.717) is 36.0 Å². The van der Waals surface area contributed by atoms with E-state index in [1.165, 1.54) is 6.07 Å². The molecule has 0 unspecified atom stereocenters. The normalized spacial score (nSPS) is 16.3. The molecule has 0 aliphatic carbocycles. The Bertz CT molecular complexity index is 1080. The zero-order chi connectivity index (χ0) is 22.7. The first kappa shape index (κ1) is 22.2. The second-order valence-electron chi connectivity index (χ2n) is 7.34. The third kappa shape index (κ3) is 5.08. The van der Waals surface area contributed by atoms with Gasteiger partial charge in [-0.3, -0.25) is 0 Å². The summed E-state index contributed by atoms with van der Waals surface area (Å²) < 4.78 is 49.8. The number of hydrogen-bond acceptors (Lipinski definition) is 5. The molecular weight excluding hydrogens is 445 g/mol. The van der Waals surface area contributed by atoms with Crippen molar-refractivity contribution < 1.29 is 27.8 Å². The first-order valence-electron chi connectivity index (χ1n) is 9.94. The molecule has 32 heavy (non-hydrogen) atoms. The van der Waals surface area contributed by atoms with Gasteiger partial charge in [-0.25, -0.2) is 4.98 Å². The molecule has 1 aromatic heterocycles. The highest BCUT2D eigenvalue weighted by atomic mass is 35.5. The molecule has 0 saturated carbocycles. The minimum atomic E-state index is -4.44. The summed E-state index contributed by atoms with van der Waals surface area (Å²) in [7, 11) is 0. The number of benzene rings is 2. The predicted octanol–water partition coefficient (Wildman–Crippen LogP) is 5.70. The van der Waals surface area contributed by atoms with Gasteiger partial charge >= 0.3 is 6.18 Å². The highest BCUT2D eigenvalue weighted by Crippen LogP contribution is 2.35. The number of aromatic nitrogens is 1. The van der Waals surface area contributed by atoms with Gasteiger partial charge in [0.15, 0.2) is 0 Å². The fourth-order valence-corrected chi connectivity index (χ4v) is 3.70. The maximum atomic E-state index is 12.7. The molecule has 1 saturated heterocycles. The van der Waals surface area contributed by atoms with Crippen molar-refractivity contribution in [3.8, 4) is 17.4 Å². The average molecular weight is 465 g/mol. The van der Waals surface area contributed by atoms with Gasteiger partial charge in [0.1, 0.15) is 17.6 Å². The summed E-state index contributed by atoms with van der Waals surface area (Å²) in [5.41, 5.74) is 0.703. The van der Waals surface area contributed by atoms with Gasteiger partial charge in [-0.2, -0.15) is 13.2 Å². The van der Waals surface area contributed by atoms with Crippen molar-refractivity contribution in [3.05, 3.63) is 76.9 Å². The Morgan fingerprint density at radius 2 is 1.94 bits per heavy atom. The summed E-state index contributed by atoms with van der Waals surface area (Å²) in [5, 5.41) is 10.3. The van der Waals surface area contributed by atoms with Crippen LogP contribution in [-0.4, -0.2) is 29.3 Å². The van der Waals surface area contributed by atoms with E-state index < -0.39 is 11.7 Å². The smallest absolute Gasteiger partial charge is 0.417 e. The molecule has 0 radical (unpaired) electrons. The SMILES string of the molecule is OCc1ccc(Oc2ccccc2Cl)cc1N1CC[C@H](Oc2ccc(C(F)(F)F)cn2)C1. The van der Waals surface area contributed by atoms with E-state index in [1.54, 1.807) is 24.3 Å². The molecule has 2 aromatic carbocycles. The quantitative estimate of drug-likeness (QED) is 0.507. The molecule has 2 heterocycles. The number of para-hydroxylation sites is 1. The third-order valence-electron chi connectivity index (χ3n) is 5.13. The van der Waals surface area contributed by atoms with Crippen LogP contribution in [0.1, 0.15) is 17.5 Å². The van der Waals surface area contributed by atoms with Crippen LogP contribution < -0.4 is 14.4 Å². The van der Waals surface area contributed by atoms with Crippen LogP contribution in [0.2, 0.25) is 5.02 Å². The van der Waals surface area contributed by atoms with Crippen molar-refractivity contribution in [2.45, 2.75) is 25.3 Å². The van der Waals surface area contributed by atoms with Crippen LogP contribution >= 0.6 is 11.6 Å². The molecular formula is C23H20ClF3N2O3. The lowest BCUT2D eigenvalue weighted by atomic mass is 10.1. The Labute approximate surface area is 188 Å². The number of halogens is 4. The highest BCUT2D eigenvalue weighted by Gasteiger charge is 2.31. The second kappa shape index (κ2) is 9.26. The van der Waals surface area contributed by atoms with Crippen LogP contribution in [0.5, 0.6) is 17.4 Å². The van der Waals surface area contributed by atoms with Crippen LogP contribution in [0, 0.1) is 0 Å². The Hall–Kier alpha value is -2.97. The largest absolute Gasteiger partial charge is 0.472 e. The van der Waals surface area contributed by atoms with Crippen LogP contribution in [0.3, 0.4) is 0 Å². The minimum absolute atomic E-state index is 0.142. The Kier molecular flexibility index (Phi) is 6.43. The number of aliphatic hydroxyl groups excluding tert-OH is 1. The highest BCUT2D eigenvalue weighted by molar-refractivity contribution is 6.32. The number of hydrogen-bond donors (Lipinski definition) is 1. The molecule has 9 heteroatoms. The molecule has 0 spiro atoms. The van der Waals surface area contributed by atoms with E-state index in [-0.39, 0.29) is 18.6 Å². The van der Waals surface area contributed by atoms with Crippen LogP contribution in [0.15, 0.2) is 60.8 Å². The third-order valence-corrected chi connectivity index (χ3v) is 5.44. The topological polar surface area (TPSA) is 54.8 Å². The monoisotopic (exact) mass is 464 g/mol. The summed E-state index contributed by atoms with van der Waals surface area (Å²) in [4.78, 5) is 5.82. The molecule has 5 nitrogen and oxygen atoms in total. The van der Waals surface area contributed by atoms with Gasteiger partial charge in [0.2, 0.25) is 5.88 Å². The lowest BCUT2D eigenvalue weighted by Crippen LogP contribution is -2.25. The van der Waals surface area contributed by atoms with Crippen molar-refractivity contribution in [2.24, 2.45) is 0 Å². The molecule has 1 aliphatic rings. The molecule has 168 valence electrons. The van der Waals surface area contributed by atoms with Gasteiger partial charge in [0.25, 0.3) is 0 Å². The van der Waals surface area contributed by atoms with Crippen molar-refractivity contribution in [1.29, 1.82) is 0 Å². The fraction of sp³-hybridized carbons (Fsp3) is 0.261. The van der Waals surface area contributed by atoms with Gasteiger partial charge < -0.3 is 19.5 Å². The number of nitrogens with zero attached hydrogens (tertiary/aromatic N) is 2. The van der Waals surface area contributed by atoms with Crippen LogP contribution in [0.4, 0.5) is 18.9 Å². The van der Waals surface area contributed by atoms with Gasteiger partial charge in [-0.05, 0) is 24.3 Å². The molecule has 1 fully saturated rings. The van der Waals surface area contributed by atoms with E-state index >= 15 is 0 Å². The van der Waals surface area contributed by atoms with Crippen molar-refractivity contribution in [3.63, 3.8) is 0 Å². The molecule has 3 aromatic rings. The Balaban J connectivity index is 1.46. The number of ether oxygens (including phenoxy) is 2. The van der Waals surface area contributed by atoms with Crippen LogP contribution in [0.25, 0.3) is 0 Å². The number of aliphatic hydroxyl groups is 1. The standard InChI is InChI=1S/C23H20ClF3N2O3/c24-19-3-1-2-4-21(19)31-17-7-5-15(14-30)20(11-17)29-10-9-18(13-29)32-22-8-6-16(12-28-22)23(25,26)27/h1-8,11-12,18,30H,9-10,13-14H2/t18-/m0/s1. The van der Waals surface area contributed by atoms with Gasteiger partial charge in [0, 0.05) is 42.5 Å². The summed E-state index contributed by atoms with van der Waals surface area (Å²) in [6, 6.07) is 14.7. The Morgan fingerprint density at radius 1 is 1.12 bits per heavy atom. The first-order chi connectivity index (χ1) is 15.3. The first-order valence-corrected chi connectivity index (χ1v) is 10.3. The lowest BCUT2D eigenvalue weighted by molar-refractivity contribution is -0.137. The Morgan fingerprint density at radius 3 is 2.62 bits per heavy atom. The van der Waals surface area contributed by atoms with E-state index in [4.69, 9.17) is 21.1 Å². The van der Waals surface area contributed by atoms with Gasteiger partial charge in [0.05, 0.1) is 23.7 Å². The molecule has 0 bridgehead atoms. The minimum Gasteiger partial charge on any atom is -0.472 e. The second-order valence-corrected chi connectivity index (χ2v) is 7.75. The number of anilines is 1. The zero-order valence-corrected chi connectivity index (χ0v) is 17.6.